The number of amides is 1. The number of rotatable bonds is 5. The van der Waals surface area contributed by atoms with Crippen molar-refractivity contribution in [3.05, 3.63) is 46.7 Å². The van der Waals surface area contributed by atoms with Crippen molar-refractivity contribution in [3.8, 4) is 11.1 Å². The Morgan fingerprint density at radius 3 is 2.62 bits per heavy atom. The number of hydrogen-bond donors (Lipinski definition) is 0. The van der Waals surface area contributed by atoms with Gasteiger partial charge >= 0.3 is 0 Å². The van der Waals surface area contributed by atoms with Crippen molar-refractivity contribution in [2.45, 2.75) is 5.75 Å². The van der Waals surface area contributed by atoms with Crippen LogP contribution in [-0.4, -0.2) is 58.9 Å². The summed E-state index contributed by atoms with van der Waals surface area (Å²) in [7, 11) is 0.872. The number of carbonyl (C=O) groups excluding carboxylic acids is 1. The molecule has 1 aliphatic heterocycles. The van der Waals surface area contributed by atoms with Crippen LogP contribution < -0.4 is 0 Å². The number of likely N-dealkylation sites (N-methyl/N-ethyl adjacent to an activating group) is 1. The molecule has 2 aromatic rings. The molecule has 0 spiro atoms. The van der Waals surface area contributed by atoms with Gasteiger partial charge in [-0.25, -0.2) is 0 Å². The fourth-order valence-electron chi connectivity index (χ4n) is 2.85. The smallest absolute Gasteiger partial charge is 0.235 e. The molecule has 1 unspecified atom stereocenters. The van der Waals surface area contributed by atoms with Gasteiger partial charge in [-0.2, -0.15) is 11.3 Å². The second-order valence-corrected chi connectivity index (χ2v) is 8.32. The molecule has 0 saturated carbocycles. The zero-order valence-electron chi connectivity index (χ0n) is 13.8. The molecule has 0 radical (unpaired) electrons. The second kappa shape index (κ2) is 8.05. The van der Waals surface area contributed by atoms with Crippen molar-refractivity contribution in [2.75, 3.05) is 39.0 Å². The van der Waals surface area contributed by atoms with Gasteiger partial charge in [-0.15, -0.1) is 0 Å². The van der Waals surface area contributed by atoms with Gasteiger partial charge in [0, 0.05) is 42.7 Å². The lowest BCUT2D eigenvalue weighted by Crippen LogP contribution is -2.48. The molecule has 0 aliphatic carbocycles. The Labute approximate surface area is 149 Å². The average molecular weight is 363 g/mol. The maximum Gasteiger partial charge on any atom is 0.235 e. The van der Waals surface area contributed by atoms with Crippen LogP contribution in [0.3, 0.4) is 0 Å². The molecular formula is C18H22N2O2S2. The Bertz CT molecular complexity index is 708. The van der Waals surface area contributed by atoms with Crippen molar-refractivity contribution < 1.29 is 9.00 Å². The van der Waals surface area contributed by atoms with Crippen molar-refractivity contribution in [2.24, 2.45) is 0 Å². The van der Waals surface area contributed by atoms with E-state index in [0.29, 0.717) is 5.75 Å². The molecule has 24 heavy (non-hydrogen) atoms. The first-order chi connectivity index (χ1) is 11.6. The third kappa shape index (κ3) is 4.32. The van der Waals surface area contributed by atoms with Gasteiger partial charge in [-0.3, -0.25) is 9.00 Å². The summed E-state index contributed by atoms with van der Waals surface area (Å²) < 4.78 is 12.5. The van der Waals surface area contributed by atoms with Crippen LogP contribution >= 0.6 is 11.3 Å². The number of hydrogen-bond acceptors (Lipinski definition) is 4. The minimum absolute atomic E-state index is 0.00875. The largest absolute Gasteiger partial charge is 0.339 e. The van der Waals surface area contributed by atoms with E-state index in [2.05, 4.69) is 29.5 Å². The lowest BCUT2D eigenvalue weighted by atomic mass is 10.0. The van der Waals surface area contributed by atoms with Crippen LogP contribution in [0, 0.1) is 0 Å². The molecule has 1 amide bonds. The summed E-state index contributed by atoms with van der Waals surface area (Å²) in [6, 6.07) is 10.1. The van der Waals surface area contributed by atoms with Crippen molar-refractivity contribution in [3.63, 3.8) is 0 Å². The van der Waals surface area contributed by atoms with Gasteiger partial charge in [0.2, 0.25) is 5.91 Å². The van der Waals surface area contributed by atoms with Crippen LogP contribution in [0.25, 0.3) is 11.1 Å². The highest BCUT2D eigenvalue weighted by Gasteiger charge is 2.21. The van der Waals surface area contributed by atoms with Crippen molar-refractivity contribution in [1.29, 1.82) is 0 Å². The summed E-state index contributed by atoms with van der Waals surface area (Å²) in [6.45, 7) is 3.24. The first-order valence-electron chi connectivity index (χ1n) is 8.05. The third-order valence-corrected chi connectivity index (χ3v) is 6.19. The summed E-state index contributed by atoms with van der Waals surface area (Å²) in [5.41, 5.74) is 3.30. The molecule has 128 valence electrons. The fraction of sp³-hybridized carbons (Fsp3) is 0.389. The molecule has 6 heteroatoms. The molecular weight excluding hydrogens is 340 g/mol. The Kier molecular flexibility index (Phi) is 5.81. The van der Waals surface area contributed by atoms with Gasteiger partial charge in [0.1, 0.15) is 5.75 Å². The maximum atomic E-state index is 12.5. The molecule has 4 nitrogen and oxygen atoms in total. The van der Waals surface area contributed by atoms with Crippen LogP contribution in [0.1, 0.15) is 5.56 Å². The summed E-state index contributed by atoms with van der Waals surface area (Å²) in [5.74, 6) is 0.544. The molecule has 1 fully saturated rings. The lowest BCUT2D eigenvalue weighted by Gasteiger charge is -2.32. The van der Waals surface area contributed by atoms with Gasteiger partial charge in [0.25, 0.3) is 0 Å². The van der Waals surface area contributed by atoms with Crippen LogP contribution in [0.4, 0.5) is 0 Å². The Morgan fingerprint density at radius 1 is 1.17 bits per heavy atom. The van der Waals surface area contributed by atoms with Gasteiger partial charge in [0.15, 0.2) is 0 Å². The lowest BCUT2D eigenvalue weighted by molar-refractivity contribution is -0.129. The quantitative estimate of drug-likeness (QED) is 0.820. The van der Waals surface area contributed by atoms with E-state index in [1.165, 1.54) is 0 Å². The first kappa shape index (κ1) is 17.3. The Morgan fingerprint density at radius 2 is 1.92 bits per heavy atom. The highest BCUT2D eigenvalue weighted by Crippen LogP contribution is 2.26. The number of thiophene rings is 1. The minimum atomic E-state index is -1.18. The molecule has 3 rings (SSSR count). The molecule has 1 atom stereocenters. The van der Waals surface area contributed by atoms with Gasteiger partial charge in [-0.05, 0) is 40.6 Å². The molecule has 1 aliphatic rings. The number of benzene rings is 1. The summed E-state index contributed by atoms with van der Waals surface area (Å²) >= 11 is 1.65. The van der Waals surface area contributed by atoms with Crippen LogP contribution in [0.5, 0.6) is 0 Å². The van der Waals surface area contributed by atoms with E-state index in [9.17, 15) is 9.00 Å². The van der Waals surface area contributed by atoms with Gasteiger partial charge in [0.05, 0.1) is 0 Å². The number of carbonyl (C=O) groups is 1. The zero-order chi connectivity index (χ0) is 16.9. The van der Waals surface area contributed by atoms with Gasteiger partial charge in [-0.1, -0.05) is 24.3 Å². The highest BCUT2D eigenvalue weighted by molar-refractivity contribution is 7.84. The van der Waals surface area contributed by atoms with E-state index in [0.717, 1.165) is 42.9 Å². The predicted octanol–water partition coefficient (Wildman–Crippen LogP) is 2.44. The Hall–Kier alpha value is -1.50. The molecule has 0 bridgehead atoms. The summed E-state index contributed by atoms with van der Waals surface area (Å²) in [5, 5.41) is 4.14. The van der Waals surface area contributed by atoms with Gasteiger partial charge < -0.3 is 9.80 Å². The fourth-order valence-corrected chi connectivity index (χ4v) is 4.67. The van der Waals surface area contributed by atoms with E-state index in [4.69, 9.17) is 0 Å². The normalized spacial score (nSPS) is 17.0. The van der Waals surface area contributed by atoms with E-state index in [-0.39, 0.29) is 11.7 Å². The monoisotopic (exact) mass is 362 g/mol. The third-order valence-electron chi connectivity index (χ3n) is 4.31. The summed E-state index contributed by atoms with van der Waals surface area (Å²) in [6.07, 6.45) is 0. The van der Waals surface area contributed by atoms with Crippen LogP contribution in [0.15, 0.2) is 41.1 Å². The number of nitrogens with zero attached hydrogens (tertiary/aromatic N) is 2. The topological polar surface area (TPSA) is 40.6 Å². The highest BCUT2D eigenvalue weighted by atomic mass is 32.2. The van der Waals surface area contributed by atoms with E-state index in [1.54, 1.807) is 11.3 Å². The average Bonchev–Trinajstić information content (AvgIpc) is 3.10. The van der Waals surface area contributed by atoms with E-state index < -0.39 is 10.8 Å². The maximum absolute atomic E-state index is 12.5. The van der Waals surface area contributed by atoms with Crippen molar-refractivity contribution >= 4 is 28.0 Å². The SMILES string of the molecule is CN1CCN(C(=O)CS(=O)Cc2ccccc2-c2ccsc2)CC1. The van der Waals surface area contributed by atoms with Crippen LogP contribution in [0.2, 0.25) is 0 Å². The van der Waals surface area contributed by atoms with E-state index in [1.807, 2.05) is 28.5 Å². The molecule has 1 saturated heterocycles. The van der Waals surface area contributed by atoms with Crippen molar-refractivity contribution in [1.82, 2.24) is 9.80 Å². The zero-order valence-corrected chi connectivity index (χ0v) is 15.4. The minimum Gasteiger partial charge on any atom is -0.339 e. The standard InChI is InChI=1S/C18H22N2O2S2/c1-19-7-9-20(10-8-19)18(21)14-24(22)13-16-4-2-3-5-17(16)15-6-11-23-12-15/h2-6,11-12H,7-10,13-14H2,1H3. The Balaban J connectivity index is 1.62. The number of piperazine rings is 1. The molecule has 0 N–H and O–H groups in total. The molecule has 1 aromatic carbocycles. The molecule has 1 aromatic heterocycles. The van der Waals surface area contributed by atoms with E-state index >= 15 is 0 Å². The van der Waals surface area contributed by atoms with Crippen LogP contribution in [-0.2, 0) is 21.3 Å². The second-order valence-electron chi connectivity index (χ2n) is 6.08. The molecule has 2 heterocycles. The summed E-state index contributed by atoms with van der Waals surface area (Å²) in [4.78, 5) is 16.4. The predicted molar refractivity (Wildman–Crippen MR) is 101 cm³/mol. The first-order valence-corrected chi connectivity index (χ1v) is 10.5.